The SMILES string of the molecule is CC(C)NC(C)C(C)c1cccc(OC(F)(F)F)c1. The van der Waals surface area contributed by atoms with Crippen LogP contribution in [0, 0.1) is 0 Å². The van der Waals surface area contributed by atoms with Crippen LogP contribution in [0.4, 0.5) is 13.2 Å². The molecular weight excluding hydrogens is 255 g/mol. The van der Waals surface area contributed by atoms with Crippen molar-refractivity contribution < 1.29 is 17.9 Å². The van der Waals surface area contributed by atoms with E-state index in [-0.39, 0.29) is 17.7 Å². The summed E-state index contributed by atoms with van der Waals surface area (Å²) in [4.78, 5) is 0. The average molecular weight is 275 g/mol. The van der Waals surface area contributed by atoms with Gasteiger partial charge in [-0.25, -0.2) is 0 Å². The van der Waals surface area contributed by atoms with E-state index in [9.17, 15) is 13.2 Å². The van der Waals surface area contributed by atoms with Gasteiger partial charge in [0.25, 0.3) is 0 Å². The van der Waals surface area contributed by atoms with E-state index in [4.69, 9.17) is 0 Å². The number of nitrogens with one attached hydrogen (secondary N) is 1. The van der Waals surface area contributed by atoms with Crippen LogP contribution in [-0.2, 0) is 0 Å². The Morgan fingerprint density at radius 2 is 1.74 bits per heavy atom. The summed E-state index contributed by atoms with van der Waals surface area (Å²) in [5.74, 6) is -0.0761. The zero-order valence-electron chi connectivity index (χ0n) is 11.6. The Kier molecular flexibility index (Phi) is 5.23. The van der Waals surface area contributed by atoms with Crippen LogP contribution in [0.2, 0.25) is 0 Å². The lowest BCUT2D eigenvalue weighted by molar-refractivity contribution is -0.274. The molecule has 0 amide bonds. The summed E-state index contributed by atoms with van der Waals surface area (Å²) in [7, 11) is 0. The number of rotatable bonds is 5. The van der Waals surface area contributed by atoms with Gasteiger partial charge in [0.1, 0.15) is 5.75 Å². The van der Waals surface area contributed by atoms with Gasteiger partial charge in [0.05, 0.1) is 0 Å². The molecule has 0 bridgehead atoms. The molecule has 1 N–H and O–H groups in total. The maximum Gasteiger partial charge on any atom is 0.573 e. The third-order valence-electron chi connectivity index (χ3n) is 2.96. The van der Waals surface area contributed by atoms with Crippen LogP contribution >= 0.6 is 0 Å². The van der Waals surface area contributed by atoms with Crippen molar-refractivity contribution in [2.24, 2.45) is 0 Å². The number of ether oxygens (including phenoxy) is 1. The van der Waals surface area contributed by atoms with E-state index in [1.54, 1.807) is 6.07 Å². The number of benzene rings is 1. The Hall–Kier alpha value is -1.23. The van der Waals surface area contributed by atoms with Crippen molar-refractivity contribution in [2.75, 3.05) is 0 Å². The van der Waals surface area contributed by atoms with Crippen molar-refractivity contribution in [2.45, 2.75) is 52.1 Å². The Morgan fingerprint density at radius 1 is 1.11 bits per heavy atom. The van der Waals surface area contributed by atoms with Crippen LogP contribution in [-0.4, -0.2) is 18.4 Å². The minimum Gasteiger partial charge on any atom is -0.406 e. The zero-order chi connectivity index (χ0) is 14.6. The number of hydrogen-bond donors (Lipinski definition) is 1. The van der Waals surface area contributed by atoms with Gasteiger partial charge in [-0.2, -0.15) is 0 Å². The summed E-state index contributed by atoms with van der Waals surface area (Å²) in [6, 6.07) is 6.63. The highest BCUT2D eigenvalue weighted by molar-refractivity contribution is 5.31. The van der Waals surface area contributed by atoms with E-state index in [2.05, 4.69) is 10.1 Å². The monoisotopic (exact) mass is 275 g/mol. The molecule has 1 aromatic carbocycles. The maximum absolute atomic E-state index is 12.2. The first-order valence-corrected chi connectivity index (χ1v) is 6.31. The van der Waals surface area contributed by atoms with Gasteiger partial charge in [0.15, 0.2) is 0 Å². The zero-order valence-corrected chi connectivity index (χ0v) is 11.6. The minimum absolute atomic E-state index is 0.0965. The molecular formula is C14H20F3NO. The minimum atomic E-state index is -4.65. The highest BCUT2D eigenvalue weighted by Crippen LogP contribution is 2.27. The number of hydrogen-bond acceptors (Lipinski definition) is 2. The van der Waals surface area contributed by atoms with Crippen molar-refractivity contribution in [1.82, 2.24) is 5.32 Å². The van der Waals surface area contributed by atoms with Crippen LogP contribution < -0.4 is 10.1 Å². The van der Waals surface area contributed by atoms with E-state index in [0.29, 0.717) is 6.04 Å². The molecule has 108 valence electrons. The highest BCUT2D eigenvalue weighted by atomic mass is 19.4. The molecule has 19 heavy (non-hydrogen) atoms. The molecule has 0 spiro atoms. The molecule has 0 aliphatic carbocycles. The molecule has 2 atom stereocenters. The molecule has 0 aromatic heterocycles. The Bertz CT molecular complexity index is 404. The third-order valence-corrected chi connectivity index (χ3v) is 2.96. The Labute approximate surface area is 112 Å². The molecule has 0 radical (unpaired) electrons. The maximum atomic E-state index is 12.2. The topological polar surface area (TPSA) is 21.3 Å². The van der Waals surface area contributed by atoms with Crippen molar-refractivity contribution in [3.05, 3.63) is 29.8 Å². The van der Waals surface area contributed by atoms with Crippen molar-refractivity contribution in [3.8, 4) is 5.75 Å². The summed E-state index contributed by atoms with van der Waals surface area (Å²) in [6.45, 7) is 8.06. The fourth-order valence-corrected chi connectivity index (χ4v) is 1.95. The summed E-state index contributed by atoms with van der Waals surface area (Å²) in [6.07, 6.45) is -4.65. The fourth-order valence-electron chi connectivity index (χ4n) is 1.95. The molecule has 0 heterocycles. The van der Waals surface area contributed by atoms with Crippen molar-refractivity contribution in [1.29, 1.82) is 0 Å². The van der Waals surface area contributed by atoms with Crippen molar-refractivity contribution in [3.63, 3.8) is 0 Å². The first-order chi connectivity index (χ1) is 8.69. The first kappa shape index (κ1) is 15.8. The van der Waals surface area contributed by atoms with Gasteiger partial charge in [-0.15, -0.1) is 13.2 Å². The van der Waals surface area contributed by atoms with Crippen LogP contribution in [0.15, 0.2) is 24.3 Å². The van der Waals surface area contributed by atoms with Gasteiger partial charge in [0.2, 0.25) is 0 Å². The second-order valence-electron chi connectivity index (χ2n) is 5.02. The fraction of sp³-hybridized carbons (Fsp3) is 0.571. The predicted octanol–water partition coefficient (Wildman–Crippen LogP) is 4.08. The lowest BCUT2D eigenvalue weighted by Crippen LogP contribution is -2.36. The second kappa shape index (κ2) is 6.28. The van der Waals surface area contributed by atoms with Gasteiger partial charge in [-0.3, -0.25) is 0 Å². The number of halogens is 3. The molecule has 0 aliphatic heterocycles. The van der Waals surface area contributed by atoms with E-state index in [0.717, 1.165) is 5.56 Å². The third kappa shape index (κ3) is 5.51. The van der Waals surface area contributed by atoms with Crippen molar-refractivity contribution >= 4 is 0 Å². The van der Waals surface area contributed by atoms with Gasteiger partial charge >= 0.3 is 6.36 Å². The van der Waals surface area contributed by atoms with Crippen LogP contribution in [0.1, 0.15) is 39.2 Å². The largest absolute Gasteiger partial charge is 0.573 e. The van der Waals surface area contributed by atoms with Gasteiger partial charge < -0.3 is 10.1 Å². The Morgan fingerprint density at radius 3 is 2.26 bits per heavy atom. The lowest BCUT2D eigenvalue weighted by Gasteiger charge is -2.24. The molecule has 0 saturated carbocycles. The quantitative estimate of drug-likeness (QED) is 0.874. The molecule has 1 rings (SSSR count). The average Bonchev–Trinajstić information content (AvgIpc) is 2.25. The predicted molar refractivity (Wildman–Crippen MR) is 69.3 cm³/mol. The first-order valence-electron chi connectivity index (χ1n) is 6.31. The second-order valence-corrected chi connectivity index (χ2v) is 5.02. The molecule has 5 heteroatoms. The number of alkyl halides is 3. The standard InChI is InChI=1S/C14H20F3NO/c1-9(2)18-11(4)10(3)12-6-5-7-13(8-12)19-14(15,16)17/h5-11,18H,1-4H3. The molecule has 0 aliphatic rings. The van der Waals surface area contributed by atoms with Crippen LogP contribution in [0.5, 0.6) is 5.75 Å². The molecule has 1 aromatic rings. The van der Waals surface area contributed by atoms with Crippen LogP contribution in [0.3, 0.4) is 0 Å². The van der Waals surface area contributed by atoms with E-state index >= 15 is 0 Å². The molecule has 2 nitrogen and oxygen atoms in total. The van der Waals surface area contributed by atoms with Gasteiger partial charge in [0, 0.05) is 12.1 Å². The van der Waals surface area contributed by atoms with E-state index < -0.39 is 6.36 Å². The van der Waals surface area contributed by atoms with Gasteiger partial charge in [-0.1, -0.05) is 32.9 Å². The highest BCUT2D eigenvalue weighted by Gasteiger charge is 2.31. The lowest BCUT2D eigenvalue weighted by atomic mass is 9.94. The molecule has 0 saturated heterocycles. The molecule has 0 fully saturated rings. The summed E-state index contributed by atoms with van der Waals surface area (Å²) < 4.78 is 40.4. The smallest absolute Gasteiger partial charge is 0.406 e. The van der Waals surface area contributed by atoms with E-state index in [1.165, 1.54) is 12.1 Å². The Balaban J connectivity index is 2.81. The summed E-state index contributed by atoms with van der Waals surface area (Å²) in [5, 5.41) is 3.35. The normalized spacial score (nSPS) is 15.4. The van der Waals surface area contributed by atoms with Crippen LogP contribution in [0.25, 0.3) is 0 Å². The van der Waals surface area contributed by atoms with Gasteiger partial charge in [-0.05, 0) is 30.5 Å². The summed E-state index contributed by atoms with van der Waals surface area (Å²) >= 11 is 0. The van der Waals surface area contributed by atoms with E-state index in [1.807, 2.05) is 33.8 Å². The summed E-state index contributed by atoms with van der Waals surface area (Å²) in [5.41, 5.74) is 0.822. The molecule has 2 unspecified atom stereocenters.